The second-order valence-electron chi connectivity index (χ2n) is 8.69. The molecule has 2 aromatic carbocycles. The van der Waals surface area contributed by atoms with Gasteiger partial charge in [0.05, 0.1) is 17.0 Å². The van der Waals surface area contributed by atoms with E-state index < -0.39 is 17.1 Å². The van der Waals surface area contributed by atoms with Crippen molar-refractivity contribution in [1.82, 2.24) is 9.80 Å². The Morgan fingerprint density at radius 1 is 1.11 bits per heavy atom. The van der Waals surface area contributed by atoms with Crippen LogP contribution in [-0.2, 0) is 14.4 Å². The summed E-state index contributed by atoms with van der Waals surface area (Å²) in [7, 11) is 1.41. The van der Waals surface area contributed by atoms with Crippen LogP contribution in [0.5, 0.6) is 11.5 Å². The molecule has 38 heavy (non-hydrogen) atoms. The molecule has 0 aromatic heterocycles. The molecular weight excluding hydrogens is 553 g/mol. The van der Waals surface area contributed by atoms with Crippen LogP contribution in [0.3, 0.4) is 0 Å². The third kappa shape index (κ3) is 6.43. The van der Waals surface area contributed by atoms with Crippen molar-refractivity contribution in [3.63, 3.8) is 0 Å². The summed E-state index contributed by atoms with van der Waals surface area (Å²) in [5.41, 5.74) is 1.89. The zero-order valence-electron chi connectivity index (χ0n) is 20.7. The lowest BCUT2D eigenvalue weighted by atomic mass is 10.1. The lowest BCUT2D eigenvalue weighted by Crippen LogP contribution is -2.40. The highest BCUT2D eigenvalue weighted by Crippen LogP contribution is 2.39. The molecule has 2 aliphatic rings. The van der Waals surface area contributed by atoms with Crippen LogP contribution < -0.4 is 14.8 Å². The standard InChI is InChI=1S/C26H25Cl2N3O6S/c1-15-5-6-17(12-18(15)27)29-22(32)14-37-24-19(28)9-16(10-20(24)36-2)11-21-25(34)31(26(35)38-21)13-23(33)30-7-3-4-8-30/h5-6,9-12H,3-4,7-8,13-14H2,1-2H3,(H,29,32)/b21-11-. The van der Waals surface area contributed by atoms with Crippen LogP contribution in [0.15, 0.2) is 35.2 Å². The van der Waals surface area contributed by atoms with Crippen molar-refractivity contribution in [2.75, 3.05) is 38.7 Å². The highest BCUT2D eigenvalue weighted by molar-refractivity contribution is 8.18. The number of halogens is 2. The Morgan fingerprint density at radius 2 is 1.84 bits per heavy atom. The molecule has 0 bridgehead atoms. The van der Waals surface area contributed by atoms with E-state index in [0.29, 0.717) is 29.4 Å². The van der Waals surface area contributed by atoms with Crippen LogP contribution >= 0.6 is 35.0 Å². The molecule has 0 radical (unpaired) electrons. The predicted octanol–water partition coefficient (Wildman–Crippen LogP) is 4.99. The molecule has 0 aliphatic carbocycles. The van der Waals surface area contributed by atoms with Gasteiger partial charge in [-0.3, -0.25) is 24.1 Å². The van der Waals surface area contributed by atoms with E-state index >= 15 is 0 Å². The SMILES string of the molecule is COc1cc(/C=C2\SC(=O)N(CC(=O)N3CCCC3)C2=O)cc(Cl)c1OCC(=O)Nc1ccc(C)c(Cl)c1. The van der Waals surface area contributed by atoms with Crippen LogP contribution in [0.4, 0.5) is 10.5 Å². The van der Waals surface area contributed by atoms with Gasteiger partial charge < -0.3 is 19.7 Å². The molecule has 4 amide bonds. The summed E-state index contributed by atoms with van der Waals surface area (Å²) in [4.78, 5) is 52.9. The molecule has 2 aromatic rings. The Morgan fingerprint density at radius 3 is 2.53 bits per heavy atom. The van der Waals surface area contributed by atoms with Gasteiger partial charge in [0, 0.05) is 23.8 Å². The van der Waals surface area contributed by atoms with Crippen LogP contribution in [0, 0.1) is 6.92 Å². The molecule has 200 valence electrons. The molecule has 0 unspecified atom stereocenters. The van der Waals surface area contributed by atoms with E-state index in [1.54, 1.807) is 29.2 Å². The van der Waals surface area contributed by atoms with Gasteiger partial charge in [0.25, 0.3) is 17.1 Å². The average molecular weight is 578 g/mol. The average Bonchev–Trinajstić information content (AvgIpc) is 3.50. The molecule has 2 saturated heterocycles. The van der Waals surface area contributed by atoms with E-state index in [1.165, 1.54) is 19.3 Å². The largest absolute Gasteiger partial charge is 0.493 e. The fourth-order valence-corrected chi connectivity index (χ4v) is 5.25. The highest BCUT2D eigenvalue weighted by atomic mass is 35.5. The van der Waals surface area contributed by atoms with Gasteiger partial charge in [-0.25, -0.2) is 0 Å². The van der Waals surface area contributed by atoms with E-state index in [-0.39, 0.29) is 40.5 Å². The van der Waals surface area contributed by atoms with E-state index in [0.717, 1.165) is 35.1 Å². The number of ether oxygens (including phenoxy) is 2. The second-order valence-corrected chi connectivity index (χ2v) is 10.5. The van der Waals surface area contributed by atoms with Crippen molar-refractivity contribution >= 4 is 69.7 Å². The minimum Gasteiger partial charge on any atom is -0.493 e. The van der Waals surface area contributed by atoms with Crippen molar-refractivity contribution < 1.29 is 28.7 Å². The summed E-state index contributed by atoms with van der Waals surface area (Å²) in [6.45, 7) is 2.51. The Balaban J connectivity index is 1.43. The van der Waals surface area contributed by atoms with Gasteiger partial charge in [-0.1, -0.05) is 29.3 Å². The third-order valence-corrected chi connectivity index (χ3v) is 7.57. The zero-order chi connectivity index (χ0) is 27.4. The van der Waals surface area contributed by atoms with Crippen molar-refractivity contribution in [3.8, 4) is 11.5 Å². The van der Waals surface area contributed by atoms with Gasteiger partial charge in [-0.15, -0.1) is 0 Å². The number of methoxy groups -OCH3 is 1. The van der Waals surface area contributed by atoms with Crippen molar-refractivity contribution in [2.24, 2.45) is 0 Å². The van der Waals surface area contributed by atoms with Gasteiger partial charge >= 0.3 is 0 Å². The van der Waals surface area contributed by atoms with Gasteiger partial charge in [-0.2, -0.15) is 0 Å². The summed E-state index contributed by atoms with van der Waals surface area (Å²) >= 11 is 13.3. The first-order valence-electron chi connectivity index (χ1n) is 11.8. The van der Waals surface area contributed by atoms with Crippen LogP contribution in [-0.4, -0.2) is 66.1 Å². The monoisotopic (exact) mass is 577 g/mol. The first kappa shape index (κ1) is 27.8. The fourth-order valence-electron chi connectivity index (χ4n) is 3.96. The highest BCUT2D eigenvalue weighted by Gasteiger charge is 2.37. The summed E-state index contributed by atoms with van der Waals surface area (Å²) in [6.07, 6.45) is 3.33. The number of hydrogen-bond donors (Lipinski definition) is 1. The minimum atomic E-state index is -0.546. The Kier molecular flexibility index (Phi) is 8.86. The van der Waals surface area contributed by atoms with E-state index in [9.17, 15) is 19.2 Å². The zero-order valence-corrected chi connectivity index (χ0v) is 23.0. The first-order valence-corrected chi connectivity index (χ1v) is 13.3. The Bertz CT molecular complexity index is 1330. The lowest BCUT2D eigenvalue weighted by molar-refractivity contribution is -0.135. The lowest BCUT2D eigenvalue weighted by Gasteiger charge is -2.18. The van der Waals surface area contributed by atoms with Crippen molar-refractivity contribution in [1.29, 1.82) is 0 Å². The number of carbonyl (C=O) groups excluding carboxylic acids is 4. The maximum atomic E-state index is 12.8. The molecule has 0 atom stereocenters. The molecular formula is C26H25Cl2N3O6S. The summed E-state index contributed by atoms with van der Waals surface area (Å²) in [5, 5.41) is 2.86. The first-order chi connectivity index (χ1) is 18.2. The smallest absolute Gasteiger partial charge is 0.294 e. The van der Waals surface area contributed by atoms with Crippen LogP contribution in [0.2, 0.25) is 10.0 Å². The van der Waals surface area contributed by atoms with Crippen molar-refractivity contribution in [2.45, 2.75) is 19.8 Å². The number of likely N-dealkylation sites (tertiary alicyclic amines) is 1. The molecule has 1 N–H and O–H groups in total. The molecule has 2 heterocycles. The molecule has 12 heteroatoms. The molecule has 4 rings (SSSR count). The number of anilines is 1. The quantitative estimate of drug-likeness (QED) is 0.441. The number of nitrogens with zero attached hydrogens (tertiary/aromatic N) is 2. The number of nitrogens with one attached hydrogen (secondary N) is 1. The number of imide groups is 1. The number of rotatable bonds is 8. The van der Waals surface area contributed by atoms with Gasteiger partial charge in [0.2, 0.25) is 5.91 Å². The number of benzene rings is 2. The van der Waals surface area contributed by atoms with Gasteiger partial charge in [0.1, 0.15) is 6.54 Å². The maximum Gasteiger partial charge on any atom is 0.294 e. The fraction of sp³-hybridized carbons (Fsp3) is 0.308. The molecule has 9 nitrogen and oxygen atoms in total. The summed E-state index contributed by atoms with van der Waals surface area (Å²) in [5.74, 6) is -0.835. The molecule has 0 saturated carbocycles. The number of thioether (sulfide) groups is 1. The Labute approximate surface area is 234 Å². The summed E-state index contributed by atoms with van der Waals surface area (Å²) < 4.78 is 11.0. The van der Waals surface area contributed by atoms with Crippen LogP contribution in [0.25, 0.3) is 6.08 Å². The molecule has 0 spiro atoms. The summed E-state index contributed by atoms with van der Waals surface area (Å²) in [6, 6.07) is 8.26. The van der Waals surface area contributed by atoms with Gasteiger partial charge in [-0.05, 0) is 73.0 Å². The molecule has 2 fully saturated rings. The van der Waals surface area contributed by atoms with E-state index in [1.807, 2.05) is 6.92 Å². The normalized spacial score (nSPS) is 16.4. The minimum absolute atomic E-state index is 0.144. The number of aryl methyl sites for hydroxylation is 1. The topological polar surface area (TPSA) is 105 Å². The second kappa shape index (κ2) is 12.1. The van der Waals surface area contributed by atoms with Gasteiger partial charge in [0.15, 0.2) is 18.1 Å². The number of hydrogen-bond acceptors (Lipinski definition) is 7. The number of carbonyl (C=O) groups is 4. The maximum absolute atomic E-state index is 12.8. The third-order valence-electron chi connectivity index (χ3n) is 5.98. The van der Waals surface area contributed by atoms with E-state index in [4.69, 9.17) is 32.7 Å². The molecule has 2 aliphatic heterocycles. The van der Waals surface area contributed by atoms with E-state index in [2.05, 4.69) is 5.32 Å². The number of amides is 4. The van der Waals surface area contributed by atoms with Crippen LogP contribution in [0.1, 0.15) is 24.0 Å². The Hall–Kier alpha value is -3.21. The van der Waals surface area contributed by atoms with Crippen molar-refractivity contribution in [3.05, 3.63) is 56.4 Å². The predicted molar refractivity (Wildman–Crippen MR) is 147 cm³/mol.